The number of rotatable bonds is 5. The fraction of sp³-hybridized carbons (Fsp3) is 0.615. The van der Waals surface area contributed by atoms with Crippen LogP contribution >= 0.6 is 0 Å². The highest BCUT2D eigenvalue weighted by Gasteiger charge is 2.33. The molecule has 110 valence electrons. The maximum atomic E-state index is 11.2. The minimum atomic E-state index is -0.843. The Morgan fingerprint density at radius 2 is 1.80 bits per heavy atom. The maximum absolute atomic E-state index is 11.2. The largest absolute Gasteiger partial charge is 0.481 e. The van der Waals surface area contributed by atoms with Crippen molar-refractivity contribution in [2.24, 2.45) is 5.92 Å². The Labute approximate surface area is 116 Å². The van der Waals surface area contributed by atoms with Gasteiger partial charge in [0.1, 0.15) is 6.10 Å². The van der Waals surface area contributed by atoms with Gasteiger partial charge in [0.25, 0.3) is 0 Å². The molecule has 0 aromatic carbocycles. The monoisotopic (exact) mass is 282 g/mol. The van der Waals surface area contributed by atoms with Gasteiger partial charge in [-0.3, -0.25) is 4.79 Å². The van der Waals surface area contributed by atoms with Gasteiger partial charge in [-0.25, -0.2) is 0 Å². The summed E-state index contributed by atoms with van der Waals surface area (Å²) in [6, 6.07) is 1.61. The molecule has 1 fully saturated rings. The highest BCUT2D eigenvalue weighted by atomic mass is 16.5. The Morgan fingerprint density at radius 1 is 1.20 bits per heavy atom. The lowest BCUT2D eigenvalue weighted by molar-refractivity contribution is -0.146. The minimum Gasteiger partial charge on any atom is -0.481 e. The fourth-order valence-electron chi connectivity index (χ4n) is 2.30. The van der Waals surface area contributed by atoms with E-state index in [0.29, 0.717) is 24.6 Å². The number of carboxylic acids is 1. The third-order valence-corrected chi connectivity index (χ3v) is 3.35. The van der Waals surface area contributed by atoms with Crippen molar-refractivity contribution in [3.63, 3.8) is 0 Å². The van der Waals surface area contributed by atoms with Crippen LogP contribution in [0.5, 0.6) is 17.8 Å². The summed E-state index contributed by atoms with van der Waals surface area (Å²) in [5.74, 6) is -0.738. The number of nitrogens with zero attached hydrogens (tertiary/aromatic N) is 2. The molecular weight excluding hydrogens is 264 g/mol. The molecule has 1 aromatic heterocycles. The summed E-state index contributed by atoms with van der Waals surface area (Å²) in [6.07, 6.45) is 2.72. The van der Waals surface area contributed by atoms with Crippen LogP contribution in [-0.2, 0) is 4.79 Å². The van der Waals surface area contributed by atoms with Gasteiger partial charge in [0.05, 0.1) is 26.2 Å². The smallest absolute Gasteiger partial charge is 0.323 e. The number of hydrogen-bond donors (Lipinski definition) is 1. The lowest BCUT2D eigenvalue weighted by Crippen LogP contribution is -2.36. The van der Waals surface area contributed by atoms with Crippen LogP contribution in [0.4, 0.5) is 0 Å². The van der Waals surface area contributed by atoms with E-state index in [0.717, 1.165) is 12.8 Å². The molecule has 1 aliphatic rings. The van der Waals surface area contributed by atoms with Gasteiger partial charge in [-0.2, -0.15) is 9.97 Å². The molecule has 7 heteroatoms. The summed E-state index contributed by atoms with van der Waals surface area (Å²) >= 11 is 0. The second kappa shape index (κ2) is 6.40. The lowest BCUT2D eigenvalue weighted by Gasteiger charge is -2.28. The molecule has 2 rings (SSSR count). The molecule has 0 aliphatic heterocycles. The van der Waals surface area contributed by atoms with Gasteiger partial charge < -0.3 is 19.3 Å². The molecule has 0 unspecified atom stereocenters. The highest BCUT2D eigenvalue weighted by molar-refractivity contribution is 5.70. The zero-order valence-electron chi connectivity index (χ0n) is 11.5. The van der Waals surface area contributed by atoms with Crippen LogP contribution in [0.2, 0.25) is 0 Å². The number of carbonyl (C=O) groups is 1. The summed E-state index contributed by atoms with van der Waals surface area (Å²) in [6.45, 7) is 0. The van der Waals surface area contributed by atoms with E-state index >= 15 is 0 Å². The molecule has 0 saturated heterocycles. The van der Waals surface area contributed by atoms with E-state index in [1.165, 1.54) is 20.3 Å². The number of aromatic nitrogens is 2. The second-order valence-electron chi connectivity index (χ2n) is 4.62. The Kier molecular flexibility index (Phi) is 4.60. The predicted octanol–water partition coefficient (Wildman–Crippen LogP) is 1.52. The first kappa shape index (κ1) is 14.4. The van der Waals surface area contributed by atoms with Crippen molar-refractivity contribution in [1.29, 1.82) is 0 Å². The molecule has 1 N–H and O–H groups in total. The molecule has 0 spiro atoms. The van der Waals surface area contributed by atoms with E-state index in [-0.39, 0.29) is 6.01 Å². The van der Waals surface area contributed by atoms with E-state index < -0.39 is 18.0 Å². The van der Waals surface area contributed by atoms with E-state index in [2.05, 4.69) is 9.97 Å². The molecule has 1 heterocycles. The molecule has 1 saturated carbocycles. The van der Waals surface area contributed by atoms with Gasteiger partial charge in [0.15, 0.2) is 0 Å². The van der Waals surface area contributed by atoms with Gasteiger partial charge in [-0.1, -0.05) is 6.42 Å². The van der Waals surface area contributed by atoms with Gasteiger partial charge in [0.2, 0.25) is 11.8 Å². The van der Waals surface area contributed by atoms with Crippen molar-refractivity contribution < 1.29 is 24.1 Å². The minimum absolute atomic E-state index is 0.0827. The second-order valence-corrected chi connectivity index (χ2v) is 4.62. The van der Waals surface area contributed by atoms with Crippen molar-refractivity contribution in [3.05, 3.63) is 6.07 Å². The molecule has 0 bridgehead atoms. The molecular formula is C13H18N2O5. The normalized spacial score (nSPS) is 22.1. The first-order valence-corrected chi connectivity index (χ1v) is 6.50. The Balaban J connectivity index is 2.17. The highest BCUT2D eigenvalue weighted by Crippen LogP contribution is 2.29. The molecule has 7 nitrogen and oxygen atoms in total. The molecule has 1 aliphatic carbocycles. The molecule has 2 atom stereocenters. The molecule has 20 heavy (non-hydrogen) atoms. The van der Waals surface area contributed by atoms with Crippen molar-refractivity contribution in [2.75, 3.05) is 14.2 Å². The van der Waals surface area contributed by atoms with Gasteiger partial charge in [-0.05, 0) is 19.3 Å². The SMILES string of the molecule is COc1cc(OC)nc(O[C@H]2CCCC[C@H]2C(=O)O)n1. The van der Waals surface area contributed by atoms with Crippen molar-refractivity contribution >= 4 is 5.97 Å². The quantitative estimate of drug-likeness (QED) is 0.875. The lowest BCUT2D eigenvalue weighted by atomic mass is 9.86. The standard InChI is InChI=1S/C13H18N2O5/c1-18-10-7-11(19-2)15-13(14-10)20-9-6-4-3-5-8(9)12(16)17/h7-9H,3-6H2,1-2H3,(H,16,17)/t8-,9+/m1/s1. The van der Waals surface area contributed by atoms with Gasteiger partial charge in [0, 0.05) is 0 Å². The third kappa shape index (κ3) is 3.28. The summed E-state index contributed by atoms with van der Waals surface area (Å²) in [5.41, 5.74) is 0. The van der Waals surface area contributed by atoms with Crippen LogP contribution in [0, 0.1) is 5.92 Å². The number of methoxy groups -OCH3 is 2. The van der Waals surface area contributed by atoms with Crippen LogP contribution < -0.4 is 14.2 Å². The van der Waals surface area contributed by atoms with Crippen LogP contribution in [-0.4, -0.2) is 41.4 Å². The number of carboxylic acid groups (broad SMARTS) is 1. The van der Waals surface area contributed by atoms with Crippen LogP contribution in [0.3, 0.4) is 0 Å². The summed E-state index contributed by atoms with van der Waals surface area (Å²) in [5, 5.41) is 9.22. The maximum Gasteiger partial charge on any atom is 0.323 e. The zero-order valence-corrected chi connectivity index (χ0v) is 11.5. The Hall–Kier alpha value is -2.05. The average molecular weight is 282 g/mol. The van der Waals surface area contributed by atoms with Gasteiger partial charge >= 0.3 is 12.0 Å². The Morgan fingerprint density at radius 3 is 2.35 bits per heavy atom. The summed E-state index contributed by atoms with van der Waals surface area (Å²) < 4.78 is 15.7. The molecule has 0 amide bonds. The average Bonchev–Trinajstić information content (AvgIpc) is 2.47. The zero-order chi connectivity index (χ0) is 14.5. The Bertz CT molecular complexity index is 458. The van der Waals surface area contributed by atoms with E-state index in [1.807, 2.05) is 0 Å². The molecule has 0 radical (unpaired) electrons. The number of aliphatic carboxylic acids is 1. The van der Waals surface area contributed by atoms with Crippen LogP contribution in [0.25, 0.3) is 0 Å². The number of hydrogen-bond acceptors (Lipinski definition) is 6. The van der Waals surface area contributed by atoms with Crippen LogP contribution in [0.1, 0.15) is 25.7 Å². The topological polar surface area (TPSA) is 90.8 Å². The van der Waals surface area contributed by atoms with Crippen LogP contribution in [0.15, 0.2) is 6.07 Å². The van der Waals surface area contributed by atoms with Crippen molar-refractivity contribution in [1.82, 2.24) is 9.97 Å². The van der Waals surface area contributed by atoms with Crippen molar-refractivity contribution in [2.45, 2.75) is 31.8 Å². The predicted molar refractivity (Wildman–Crippen MR) is 69.1 cm³/mol. The number of ether oxygens (including phenoxy) is 3. The van der Waals surface area contributed by atoms with Gasteiger partial charge in [-0.15, -0.1) is 0 Å². The van der Waals surface area contributed by atoms with Crippen molar-refractivity contribution in [3.8, 4) is 17.8 Å². The van der Waals surface area contributed by atoms with E-state index in [4.69, 9.17) is 14.2 Å². The van der Waals surface area contributed by atoms with E-state index in [1.54, 1.807) is 0 Å². The summed E-state index contributed by atoms with van der Waals surface area (Å²) in [4.78, 5) is 19.3. The third-order valence-electron chi connectivity index (χ3n) is 3.35. The fourth-order valence-corrected chi connectivity index (χ4v) is 2.30. The molecule has 1 aromatic rings. The first-order valence-electron chi connectivity index (χ1n) is 6.50. The summed E-state index contributed by atoms with van der Waals surface area (Å²) in [7, 11) is 2.96. The first-order chi connectivity index (χ1) is 9.63. The van der Waals surface area contributed by atoms with E-state index in [9.17, 15) is 9.90 Å².